The first-order chi connectivity index (χ1) is 12.8. The van der Waals surface area contributed by atoms with Gasteiger partial charge in [0.2, 0.25) is 11.8 Å². The molecule has 1 atom stereocenters. The van der Waals surface area contributed by atoms with Crippen LogP contribution in [0.25, 0.3) is 10.8 Å². The number of fused-ring (bicyclic) bond motifs is 1. The molecule has 1 aromatic heterocycles. The van der Waals surface area contributed by atoms with E-state index in [1.807, 2.05) is 26.0 Å². The monoisotopic (exact) mass is 434 g/mol. The molecule has 1 N–H and O–H groups in total. The fourth-order valence-corrected chi connectivity index (χ4v) is 3.72. The molecule has 0 bridgehead atoms. The number of rotatable bonds is 4. The molecule has 0 spiro atoms. The summed E-state index contributed by atoms with van der Waals surface area (Å²) >= 11 is 3.43. The number of benzene rings is 1. The molecule has 1 saturated heterocycles. The smallest absolute Gasteiger partial charge is 0.275 e. The fraction of sp³-hybridized carbons (Fsp3) is 0.474. The predicted molar refractivity (Wildman–Crippen MR) is 107 cm³/mol. The quantitative estimate of drug-likeness (QED) is 0.797. The molecule has 8 heteroatoms. The zero-order valence-corrected chi connectivity index (χ0v) is 17.2. The molecule has 1 aliphatic heterocycles. The van der Waals surface area contributed by atoms with E-state index in [4.69, 9.17) is 0 Å². The van der Waals surface area contributed by atoms with E-state index in [2.05, 4.69) is 26.3 Å². The molecule has 144 valence electrons. The molecule has 2 heterocycles. The van der Waals surface area contributed by atoms with Crippen LogP contribution in [-0.4, -0.2) is 46.1 Å². The van der Waals surface area contributed by atoms with Crippen LogP contribution in [0.4, 0.5) is 0 Å². The Balaban J connectivity index is 1.85. The summed E-state index contributed by atoms with van der Waals surface area (Å²) in [6, 6.07) is 5.36. The number of carbonyl (C=O) groups is 2. The zero-order valence-electron chi connectivity index (χ0n) is 15.7. The second-order valence-electron chi connectivity index (χ2n) is 7.27. The first-order valence-corrected chi connectivity index (χ1v) is 9.79. The summed E-state index contributed by atoms with van der Waals surface area (Å²) < 4.78 is 2.11. The summed E-state index contributed by atoms with van der Waals surface area (Å²) in [4.78, 5) is 38.4. The Morgan fingerprint density at radius 1 is 1.33 bits per heavy atom. The molecule has 0 aliphatic carbocycles. The van der Waals surface area contributed by atoms with Gasteiger partial charge in [0.1, 0.15) is 6.54 Å². The predicted octanol–water partition coefficient (Wildman–Crippen LogP) is 2.02. The van der Waals surface area contributed by atoms with Crippen molar-refractivity contribution in [3.63, 3.8) is 0 Å². The number of amides is 2. The van der Waals surface area contributed by atoms with Gasteiger partial charge in [-0.3, -0.25) is 14.4 Å². The molecule has 1 aliphatic rings. The van der Waals surface area contributed by atoms with Crippen molar-refractivity contribution < 1.29 is 9.59 Å². The number of carbonyl (C=O) groups excluding carboxylic acids is 2. The van der Waals surface area contributed by atoms with Gasteiger partial charge in [-0.1, -0.05) is 29.8 Å². The molecule has 0 radical (unpaired) electrons. The largest absolute Gasteiger partial charge is 0.350 e. The minimum atomic E-state index is -0.284. The van der Waals surface area contributed by atoms with Crippen molar-refractivity contribution in [3.8, 4) is 0 Å². The summed E-state index contributed by atoms with van der Waals surface area (Å²) in [5.41, 5.74) is 0.495. The molecule has 3 rings (SSSR count). The van der Waals surface area contributed by atoms with E-state index in [9.17, 15) is 14.4 Å². The van der Waals surface area contributed by atoms with Gasteiger partial charge in [-0.05, 0) is 30.5 Å². The van der Waals surface area contributed by atoms with E-state index in [1.165, 1.54) is 4.68 Å². The van der Waals surface area contributed by atoms with E-state index in [-0.39, 0.29) is 35.9 Å². The van der Waals surface area contributed by atoms with Crippen LogP contribution in [0.15, 0.2) is 27.5 Å². The van der Waals surface area contributed by atoms with Crippen molar-refractivity contribution in [3.05, 3.63) is 38.7 Å². The molecule has 2 aromatic rings. The fourth-order valence-electron chi connectivity index (χ4n) is 3.36. The summed E-state index contributed by atoms with van der Waals surface area (Å²) in [5.74, 6) is -0.0844. The lowest BCUT2D eigenvalue weighted by Crippen LogP contribution is -2.49. The van der Waals surface area contributed by atoms with E-state index in [0.717, 1.165) is 15.6 Å². The molecule has 1 aromatic carbocycles. The molecule has 2 amide bonds. The highest BCUT2D eigenvalue weighted by Gasteiger charge is 2.24. The average Bonchev–Trinajstić information content (AvgIpc) is 2.60. The van der Waals surface area contributed by atoms with Crippen LogP contribution in [-0.2, 0) is 16.1 Å². The molecule has 7 nitrogen and oxygen atoms in total. The normalized spacial score (nSPS) is 17.6. The zero-order chi connectivity index (χ0) is 19.7. The maximum Gasteiger partial charge on any atom is 0.275 e. The van der Waals surface area contributed by atoms with Gasteiger partial charge >= 0.3 is 0 Å². The lowest BCUT2D eigenvalue weighted by atomic mass is 10.0. The van der Waals surface area contributed by atoms with Crippen LogP contribution in [0.3, 0.4) is 0 Å². The van der Waals surface area contributed by atoms with Gasteiger partial charge in [0.15, 0.2) is 0 Å². The molecule has 1 unspecified atom stereocenters. The Labute approximate surface area is 165 Å². The lowest BCUT2D eigenvalue weighted by Gasteiger charge is -2.30. The number of nitrogens with one attached hydrogen (secondary N) is 1. The Morgan fingerprint density at radius 2 is 2.07 bits per heavy atom. The maximum absolute atomic E-state index is 12.8. The summed E-state index contributed by atoms with van der Waals surface area (Å²) in [5, 5.41) is 8.72. The summed E-state index contributed by atoms with van der Waals surface area (Å²) in [6.45, 7) is 4.35. The van der Waals surface area contributed by atoms with E-state index < -0.39 is 0 Å². The number of likely N-dealkylation sites (N-methyl/N-ethyl adjacent to an activating group) is 1. The van der Waals surface area contributed by atoms with Crippen molar-refractivity contribution >= 4 is 38.5 Å². The van der Waals surface area contributed by atoms with Crippen LogP contribution >= 0.6 is 15.9 Å². The standard InChI is InChI=1S/C19H23BrN4O3/c1-11(2)18-15-8-12(20)4-6-14(15)19(27)24(22-18)10-16(25)21-13-5-7-17(26)23(3)9-13/h4,6,8,11,13H,5,7,9-10H2,1-3H3,(H,21,25). The van der Waals surface area contributed by atoms with Crippen molar-refractivity contribution in [1.82, 2.24) is 20.0 Å². The first-order valence-electron chi connectivity index (χ1n) is 9.00. The van der Waals surface area contributed by atoms with Gasteiger partial charge in [0.05, 0.1) is 11.1 Å². The number of aromatic nitrogens is 2. The summed E-state index contributed by atoms with van der Waals surface area (Å²) in [7, 11) is 1.73. The number of piperidine rings is 1. The third-order valence-electron chi connectivity index (χ3n) is 4.78. The minimum absolute atomic E-state index is 0.0839. The van der Waals surface area contributed by atoms with Gasteiger partial charge < -0.3 is 10.2 Å². The van der Waals surface area contributed by atoms with Gasteiger partial charge in [-0.2, -0.15) is 5.10 Å². The van der Waals surface area contributed by atoms with Crippen LogP contribution in [0, 0.1) is 0 Å². The number of hydrogen-bond donors (Lipinski definition) is 1. The Bertz CT molecular complexity index is 954. The third kappa shape index (κ3) is 4.21. The lowest BCUT2D eigenvalue weighted by molar-refractivity contribution is -0.134. The minimum Gasteiger partial charge on any atom is -0.350 e. The van der Waals surface area contributed by atoms with Crippen LogP contribution in [0.1, 0.15) is 38.3 Å². The Kier molecular flexibility index (Phi) is 5.64. The topological polar surface area (TPSA) is 84.3 Å². The Hall–Kier alpha value is -2.22. The van der Waals surface area contributed by atoms with Gasteiger partial charge in [-0.15, -0.1) is 0 Å². The molecule has 0 saturated carbocycles. The van der Waals surface area contributed by atoms with Crippen molar-refractivity contribution in [1.29, 1.82) is 0 Å². The van der Waals surface area contributed by atoms with Crippen LogP contribution in [0.5, 0.6) is 0 Å². The third-order valence-corrected chi connectivity index (χ3v) is 5.28. The number of nitrogens with zero attached hydrogens (tertiary/aromatic N) is 3. The Morgan fingerprint density at radius 3 is 2.74 bits per heavy atom. The van der Waals surface area contributed by atoms with Crippen molar-refractivity contribution in [2.75, 3.05) is 13.6 Å². The van der Waals surface area contributed by atoms with E-state index in [0.29, 0.717) is 24.8 Å². The average molecular weight is 435 g/mol. The second-order valence-corrected chi connectivity index (χ2v) is 8.19. The van der Waals surface area contributed by atoms with E-state index >= 15 is 0 Å². The molecular formula is C19H23BrN4O3. The second kappa shape index (κ2) is 7.80. The maximum atomic E-state index is 12.8. The SMILES string of the molecule is CC(C)c1nn(CC(=O)NC2CCC(=O)N(C)C2)c(=O)c2ccc(Br)cc12. The molecule has 27 heavy (non-hydrogen) atoms. The summed E-state index contributed by atoms with van der Waals surface area (Å²) in [6.07, 6.45) is 1.03. The van der Waals surface area contributed by atoms with E-state index in [1.54, 1.807) is 18.0 Å². The van der Waals surface area contributed by atoms with Gasteiger partial charge in [0.25, 0.3) is 5.56 Å². The molecule has 1 fully saturated rings. The highest BCUT2D eigenvalue weighted by atomic mass is 79.9. The van der Waals surface area contributed by atoms with Crippen molar-refractivity contribution in [2.45, 2.75) is 45.2 Å². The van der Waals surface area contributed by atoms with Crippen molar-refractivity contribution in [2.24, 2.45) is 0 Å². The highest BCUT2D eigenvalue weighted by molar-refractivity contribution is 9.10. The van der Waals surface area contributed by atoms with Gasteiger partial charge in [-0.25, -0.2) is 4.68 Å². The first kappa shape index (κ1) is 19.5. The number of halogens is 1. The highest BCUT2D eigenvalue weighted by Crippen LogP contribution is 2.24. The number of hydrogen-bond acceptors (Lipinski definition) is 4. The van der Waals surface area contributed by atoms with Crippen LogP contribution < -0.4 is 10.9 Å². The molecular weight excluding hydrogens is 412 g/mol. The van der Waals surface area contributed by atoms with Gasteiger partial charge in [0, 0.05) is 35.9 Å². The van der Waals surface area contributed by atoms with Crippen LogP contribution in [0.2, 0.25) is 0 Å². The number of likely N-dealkylation sites (tertiary alicyclic amines) is 1.